The van der Waals surface area contributed by atoms with Gasteiger partial charge in [-0.3, -0.25) is 4.79 Å². The van der Waals surface area contributed by atoms with Crippen molar-refractivity contribution in [2.24, 2.45) is 5.10 Å². The zero-order chi connectivity index (χ0) is 22.1. The van der Waals surface area contributed by atoms with Crippen LogP contribution >= 0.6 is 31.9 Å². The lowest BCUT2D eigenvalue weighted by atomic mass is 10.2. The van der Waals surface area contributed by atoms with Crippen LogP contribution in [0.3, 0.4) is 0 Å². The van der Waals surface area contributed by atoms with Crippen molar-refractivity contribution in [1.82, 2.24) is 5.43 Å². The lowest BCUT2D eigenvalue weighted by molar-refractivity contribution is -0.123. The molecule has 1 N–H and O–H groups in total. The summed E-state index contributed by atoms with van der Waals surface area (Å²) in [6.45, 7) is 0.234. The SMILES string of the molecule is COc1ccc(OCc2cccc(Br)c2)c(/C=N/NC(=O)COc2cccc(Br)c2)c1. The van der Waals surface area contributed by atoms with E-state index in [-0.39, 0.29) is 12.5 Å². The van der Waals surface area contributed by atoms with Gasteiger partial charge in [0.25, 0.3) is 5.91 Å². The summed E-state index contributed by atoms with van der Waals surface area (Å²) in [6.07, 6.45) is 1.51. The van der Waals surface area contributed by atoms with Gasteiger partial charge in [0.2, 0.25) is 0 Å². The Morgan fingerprint density at radius 1 is 0.968 bits per heavy atom. The van der Waals surface area contributed by atoms with E-state index in [0.29, 0.717) is 29.4 Å². The van der Waals surface area contributed by atoms with Gasteiger partial charge in [0.15, 0.2) is 6.61 Å². The van der Waals surface area contributed by atoms with Crippen LogP contribution in [0.15, 0.2) is 80.8 Å². The third-order valence-electron chi connectivity index (χ3n) is 4.06. The fourth-order valence-corrected chi connectivity index (χ4v) is 3.41. The molecule has 0 radical (unpaired) electrons. The zero-order valence-corrected chi connectivity index (χ0v) is 19.9. The summed E-state index contributed by atoms with van der Waals surface area (Å²) in [7, 11) is 1.58. The van der Waals surface area contributed by atoms with Gasteiger partial charge in [0, 0.05) is 14.5 Å². The van der Waals surface area contributed by atoms with Crippen molar-refractivity contribution < 1.29 is 19.0 Å². The Morgan fingerprint density at radius 2 is 1.74 bits per heavy atom. The zero-order valence-electron chi connectivity index (χ0n) is 16.7. The minimum atomic E-state index is -0.379. The number of ether oxygens (including phenoxy) is 3. The lowest BCUT2D eigenvalue weighted by Crippen LogP contribution is -2.24. The van der Waals surface area contributed by atoms with E-state index in [0.717, 1.165) is 14.5 Å². The number of hydrazone groups is 1. The molecule has 3 aromatic carbocycles. The molecule has 0 aliphatic rings. The van der Waals surface area contributed by atoms with E-state index < -0.39 is 0 Å². The van der Waals surface area contributed by atoms with Crippen LogP contribution in [0.4, 0.5) is 0 Å². The first-order valence-corrected chi connectivity index (χ1v) is 10.9. The van der Waals surface area contributed by atoms with E-state index in [4.69, 9.17) is 14.2 Å². The molecule has 0 spiro atoms. The molecule has 6 nitrogen and oxygen atoms in total. The third-order valence-corrected chi connectivity index (χ3v) is 5.05. The Labute approximate surface area is 197 Å². The van der Waals surface area contributed by atoms with Gasteiger partial charge in [0.05, 0.1) is 13.3 Å². The first-order chi connectivity index (χ1) is 15.0. The van der Waals surface area contributed by atoms with E-state index >= 15 is 0 Å². The number of benzene rings is 3. The van der Waals surface area contributed by atoms with Gasteiger partial charge in [-0.25, -0.2) is 5.43 Å². The van der Waals surface area contributed by atoms with Crippen molar-refractivity contribution >= 4 is 44.0 Å². The molecule has 0 atom stereocenters. The number of nitrogens with one attached hydrogen (secondary N) is 1. The van der Waals surface area contributed by atoms with Gasteiger partial charge in [-0.1, -0.05) is 50.1 Å². The molecule has 0 aromatic heterocycles. The number of methoxy groups -OCH3 is 1. The van der Waals surface area contributed by atoms with Crippen molar-refractivity contribution in [2.45, 2.75) is 6.61 Å². The monoisotopic (exact) mass is 546 g/mol. The number of hydrogen-bond acceptors (Lipinski definition) is 5. The molecule has 0 bridgehead atoms. The number of nitrogens with zero attached hydrogens (tertiary/aromatic N) is 1. The second-order valence-corrected chi connectivity index (χ2v) is 8.19. The molecule has 0 unspecified atom stereocenters. The number of amides is 1. The first kappa shape index (κ1) is 22.8. The highest BCUT2D eigenvalue weighted by molar-refractivity contribution is 9.10. The van der Waals surface area contributed by atoms with Gasteiger partial charge < -0.3 is 14.2 Å². The van der Waals surface area contributed by atoms with Crippen LogP contribution in [-0.2, 0) is 11.4 Å². The molecule has 0 saturated heterocycles. The van der Waals surface area contributed by atoms with Crippen molar-refractivity contribution in [1.29, 1.82) is 0 Å². The minimum absolute atomic E-state index is 0.155. The maximum atomic E-state index is 12.0. The van der Waals surface area contributed by atoms with Crippen LogP contribution in [0, 0.1) is 0 Å². The molecule has 3 rings (SSSR count). The summed E-state index contributed by atoms with van der Waals surface area (Å²) < 4.78 is 18.5. The molecule has 0 aliphatic carbocycles. The molecule has 0 aliphatic heterocycles. The lowest BCUT2D eigenvalue weighted by Gasteiger charge is -2.11. The van der Waals surface area contributed by atoms with Crippen LogP contribution in [0.5, 0.6) is 17.2 Å². The van der Waals surface area contributed by atoms with Crippen LogP contribution in [0.25, 0.3) is 0 Å². The molecule has 8 heteroatoms. The Hall–Kier alpha value is -2.84. The minimum Gasteiger partial charge on any atom is -0.497 e. The number of rotatable bonds is 9. The van der Waals surface area contributed by atoms with E-state index in [9.17, 15) is 4.79 Å². The van der Waals surface area contributed by atoms with Gasteiger partial charge in [-0.2, -0.15) is 5.10 Å². The van der Waals surface area contributed by atoms with Gasteiger partial charge in [0.1, 0.15) is 23.9 Å². The van der Waals surface area contributed by atoms with E-state index in [1.807, 2.05) is 36.4 Å². The summed E-state index contributed by atoms with van der Waals surface area (Å²) in [5.74, 6) is 1.48. The molecule has 160 valence electrons. The molecule has 0 heterocycles. The maximum absolute atomic E-state index is 12.0. The molecule has 0 saturated carbocycles. The van der Waals surface area contributed by atoms with Crippen LogP contribution < -0.4 is 19.6 Å². The first-order valence-electron chi connectivity index (χ1n) is 9.29. The Morgan fingerprint density at radius 3 is 2.48 bits per heavy atom. The Balaban J connectivity index is 1.60. The summed E-state index contributed by atoms with van der Waals surface area (Å²) in [4.78, 5) is 12.0. The van der Waals surface area contributed by atoms with Gasteiger partial charge in [-0.05, 0) is 54.1 Å². The highest BCUT2D eigenvalue weighted by Gasteiger charge is 2.06. The maximum Gasteiger partial charge on any atom is 0.277 e. The van der Waals surface area contributed by atoms with Gasteiger partial charge >= 0.3 is 0 Å². The quantitative estimate of drug-likeness (QED) is 0.290. The summed E-state index contributed by atoms with van der Waals surface area (Å²) in [5.41, 5.74) is 4.14. The smallest absolute Gasteiger partial charge is 0.277 e. The fraction of sp³-hybridized carbons (Fsp3) is 0.130. The topological polar surface area (TPSA) is 69.2 Å². The average molecular weight is 548 g/mol. The normalized spacial score (nSPS) is 10.7. The van der Waals surface area contributed by atoms with Gasteiger partial charge in [-0.15, -0.1) is 0 Å². The molecule has 3 aromatic rings. The summed E-state index contributed by atoms with van der Waals surface area (Å²) in [6, 6.07) is 20.5. The standard InChI is InChI=1S/C23H20Br2N2O4/c1-29-20-8-9-22(31-14-16-4-2-5-18(24)10-16)17(11-20)13-26-27-23(28)15-30-21-7-3-6-19(25)12-21/h2-13H,14-15H2,1H3,(H,27,28)/b26-13+. The van der Waals surface area contributed by atoms with E-state index in [1.54, 1.807) is 37.4 Å². The number of carbonyl (C=O) groups excluding carboxylic acids is 1. The summed E-state index contributed by atoms with van der Waals surface area (Å²) in [5, 5.41) is 4.02. The Kier molecular flexibility index (Phi) is 8.49. The Bertz CT molecular complexity index is 1070. The summed E-state index contributed by atoms with van der Waals surface area (Å²) >= 11 is 6.81. The van der Waals surface area contributed by atoms with Crippen LogP contribution in [-0.4, -0.2) is 25.8 Å². The molecule has 1 amide bonds. The van der Waals surface area contributed by atoms with Crippen molar-refractivity contribution in [3.05, 3.63) is 86.8 Å². The van der Waals surface area contributed by atoms with Crippen molar-refractivity contribution in [3.63, 3.8) is 0 Å². The fourth-order valence-electron chi connectivity index (χ4n) is 2.59. The number of carbonyl (C=O) groups is 1. The van der Waals surface area contributed by atoms with Crippen molar-refractivity contribution in [2.75, 3.05) is 13.7 Å². The third kappa shape index (κ3) is 7.41. The predicted molar refractivity (Wildman–Crippen MR) is 127 cm³/mol. The number of halogens is 2. The van der Waals surface area contributed by atoms with Crippen LogP contribution in [0.2, 0.25) is 0 Å². The molecule has 31 heavy (non-hydrogen) atoms. The predicted octanol–water partition coefficient (Wildman–Crippen LogP) is 5.33. The van der Waals surface area contributed by atoms with Crippen LogP contribution in [0.1, 0.15) is 11.1 Å². The van der Waals surface area contributed by atoms with E-state index in [2.05, 4.69) is 42.4 Å². The second kappa shape index (κ2) is 11.5. The van der Waals surface area contributed by atoms with Crippen molar-refractivity contribution in [3.8, 4) is 17.2 Å². The molecular formula is C23H20Br2N2O4. The molecule has 0 fully saturated rings. The van der Waals surface area contributed by atoms with E-state index in [1.165, 1.54) is 6.21 Å². The average Bonchev–Trinajstić information content (AvgIpc) is 2.77. The number of hydrogen-bond donors (Lipinski definition) is 1. The molecular weight excluding hydrogens is 528 g/mol. The second-order valence-electron chi connectivity index (χ2n) is 6.36. The largest absolute Gasteiger partial charge is 0.497 e. The highest BCUT2D eigenvalue weighted by atomic mass is 79.9. The highest BCUT2D eigenvalue weighted by Crippen LogP contribution is 2.24.